The number of aromatic nitrogens is 4. The van der Waals surface area contributed by atoms with Gasteiger partial charge in [0.05, 0.1) is 12.9 Å². The smallest absolute Gasteiger partial charge is 0.279 e. The first-order chi connectivity index (χ1) is 11.1. The minimum atomic E-state index is -1.32. The minimum Gasteiger partial charge on any atom is -0.394 e. The molecule has 3 heterocycles. The van der Waals surface area contributed by atoms with E-state index in [1.54, 1.807) is 0 Å². The first-order valence-corrected chi connectivity index (χ1v) is 6.76. The Hall–Kier alpha value is -2.29. The standard InChI is InChI=1S/C13H14N4O6/c18-3-1-2-7-15-11-8(12(22)16-7)14-5-17(11)13-10(21)9(20)6(4-19)23-13/h5-6,9-10,13,18-21H,3-4H2,(H,15,16,22). The van der Waals surface area contributed by atoms with E-state index in [0.29, 0.717) is 0 Å². The first kappa shape index (κ1) is 15.6. The number of aliphatic hydroxyl groups is 4. The van der Waals surface area contributed by atoms with Gasteiger partial charge >= 0.3 is 0 Å². The second-order valence-corrected chi connectivity index (χ2v) is 4.93. The molecule has 1 saturated heterocycles. The van der Waals surface area contributed by atoms with Crippen LogP contribution >= 0.6 is 0 Å². The molecule has 4 atom stereocenters. The summed E-state index contributed by atoms with van der Waals surface area (Å²) < 4.78 is 6.68. The number of H-pyrrole nitrogens is 1. The highest BCUT2D eigenvalue weighted by Gasteiger charge is 2.44. The summed E-state index contributed by atoms with van der Waals surface area (Å²) in [4.78, 5) is 22.4. The van der Waals surface area contributed by atoms with Crippen molar-refractivity contribution in [2.75, 3.05) is 13.2 Å². The van der Waals surface area contributed by atoms with Crippen molar-refractivity contribution in [3.05, 3.63) is 22.5 Å². The third kappa shape index (κ3) is 2.61. The van der Waals surface area contributed by atoms with Gasteiger partial charge in [-0.1, -0.05) is 5.92 Å². The first-order valence-electron chi connectivity index (χ1n) is 6.76. The Morgan fingerprint density at radius 1 is 1.35 bits per heavy atom. The van der Waals surface area contributed by atoms with Crippen LogP contribution in [0.2, 0.25) is 0 Å². The number of nitrogens with zero attached hydrogens (tertiary/aromatic N) is 3. The van der Waals surface area contributed by atoms with Crippen LogP contribution in [0.25, 0.3) is 11.2 Å². The Bertz CT molecular complexity index is 834. The molecule has 1 aliphatic heterocycles. The highest BCUT2D eigenvalue weighted by molar-refractivity contribution is 5.69. The van der Waals surface area contributed by atoms with Crippen LogP contribution in [-0.4, -0.2) is 71.5 Å². The molecule has 4 unspecified atom stereocenters. The molecule has 0 spiro atoms. The average Bonchev–Trinajstić information content (AvgIpc) is 3.08. The highest BCUT2D eigenvalue weighted by atomic mass is 16.6. The van der Waals surface area contributed by atoms with E-state index in [2.05, 4.69) is 26.8 Å². The number of rotatable bonds is 2. The van der Waals surface area contributed by atoms with E-state index < -0.39 is 43.3 Å². The Labute approximate surface area is 129 Å². The molecule has 0 saturated carbocycles. The third-order valence-corrected chi connectivity index (χ3v) is 3.51. The van der Waals surface area contributed by atoms with Gasteiger partial charge in [-0.15, -0.1) is 0 Å². The second kappa shape index (κ2) is 6.07. The maximum absolute atomic E-state index is 12.0. The van der Waals surface area contributed by atoms with Gasteiger partial charge in [0, 0.05) is 0 Å². The van der Waals surface area contributed by atoms with Crippen molar-refractivity contribution in [1.29, 1.82) is 0 Å². The van der Waals surface area contributed by atoms with Gasteiger partial charge in [-0.3, -0.25) is 14.3 Å². The zero-order valence-corrected chi connectivity index (χ0v) is 11.7. The van der Waals surface area contributed by atoms with Crippen LogP contribution in [0.15, 0.2) is 11.1 Å². The molecular formula is C13H14N4O6. The van der Waals surface area contributed by atoms with Gasteiger partial charge in [-0.25, -0.2) is 9.97 Å². The lowest BCUT2D eigenvalue weighted by Crippen LogP contribution is -2.33. The van der Waals surface area contributed by atoms with Crippen molar-refractivity contribution in [3.8, 4) is 11.8 Å². The van der Waals surface area contributed by atoms with E-state index in [-0.39, 0.29) is 17.0 Å². The van der Waals surface area contributed by atoms with E-state index >= 15 is 0 Å². The number of fused-ring (bicyclic) bond motifs is 1. The Morgan fingerprint density at radius 3 is 2.78 bits per heavy atom. The quantitative estimate of drug-likeness (QED) is 0.368. The van der Waals surface area contributed by atoms with Crippen molar-refractivity contribution < 1.29 is 25.2 Å². The molecular weight excluding hydrogens is 308 g/mol. The monoisotopic (exact) mass is 322 g/mol. The molecule has 0 radical (unpaired) electrons. The molecule has 23 heavy (non-hydrogen) atoms. The van der Waals surface area contributed by atoms with Crippen molar-refractivity contribution >= 4 is 11.2 Å². The summed E-state index contributed by atoms with van der Waals surface area (Å²) in [5, 5.41) is 37.7. The van der Waals surface area contributed by atoms with Crippen LogP contribution in [0.5, 0.6) is 0 Å². The number of aliphatic hydroxyl groups excluding tert-OH is 4. The summed E-state index contributed by atoms with van der Waals surface area (Å²) in [7, 11) is 0. The van der Waals surface area contributed by atoms with Crippen molar-refractivity contribution in [3.63, 3.8) is 0 Å². The molecule has 0 aliphatic carbocycles. The normalized spacial score (nSPS) is 27.1. The van der Waals surface area contributed by atoms with Crippen LogP contribution in [0, 0.1) is 11.8 Å². The molecule has 10 heteroatoms. The second-order valence-electron chi connectivity index (χ2n) is 4.93. The summed E-state index contributed by atoms with van der Waals surface area (Å²) in [6.07, 6.45) is -3.37. The lowest BCUT2D eigenvalue weighted by molar-refractivity contribution is -0.0511. The molecule has 0 aromatic carbocycles. The molecule has 2 aromatic rings. The Morgan fingerprint density at radius 2 is 2.13 bits per heavy atom. The van der Waals surface area contributed by atoms with E-state index in [9.17, 15) is 15.0 Å². The van der Waals surface area contributed by atoms with Gasteiger partial charge in [0.25, 0.3) is 5.56 Å². The third-order valence-electron chi connectivity index (χ3n) is 3.51. The molecule has 122 valence electrons. The number of ether oxygens (including phenoxy) is 1. The fourth-order valence-corrected chi connectivity index (χ4v) is 2.40. The van der Waals surface area contributed by atoms with E-state index in [4.69, 9.17) is 14.9 Å². The fraction of sp³-hybridized carbons (Fsp3) is 0.462. The number of hydrogen-bond acceptors (Lipinski definition) is 8. The SMILES string of the molecule is O=c1[nH]c(C#CCO)nc2c1ncn2C1OC(CO)C(O)C1O. The lowest BCUT2D eigenvalue weighted by atomic mass is 10.1. The maximum atomic E-state index is 12.0. The minimum absolute atomic E-state index is 0.0114. The maximum Gasteiger partial charge on any atom is 0.279 e. The number of nitrogens with one attached hydrogen (secondary N) is 1. The van der Waals surface area contributed by atoms with Crippen molar-refractivity contribution in [2.45, 2.75) is 24.5 Å². The van der Waals surface area contributed by atoms with Crippen LogP contribution in [0.1, 0.15) is 12.1 Å². The highest BCUT2D eigenvalue weighted by Crippen LogP contribution is 2.30. The molecule has 1 aliphatic rings. The van der Waals surface area contributed by atoms with Gasteiger partial charge < -0.3 is 25.2 Å². The predicted molar refractivity (Wildman–Crippen MR) is 75.1 cm³/mol. The molecule has 10 nitrogen and oxygen atoms in total. The topological polar surface area (TPSA) is 154 Å². The molecule has 0 amide bonds. The number of imidazole rings is 1. The summed E-state index contributed by atoms with van der Waals surface area (Å²) in [5.74, 6) is 4.85. The van der Waals surface area contributed by atoms with Gasteiger partial charge in [-0.2, -0.15) is 0 Å². The Kier molecular flexibility index (Phi) is 4.12. The van der Waals surface area contributed by atoms with E-state index in [1.165, 1.54) is 10.9 Å². The van der Waals surface area contributed by atoms with Crippen LogP contribution in [0.3, 0.4) is 0 Å². The largest absolute Gasteiger partial charge is 0.394 e. The van der Waals surface area contributed by atoms with E-state index in [0.717, 1.165) is 0 Å². The molecule has 2 aromatic heterocycles. The summed E-state index contributed by atoms with van der Waals surface area (Å²) in [5.41, 5.74) is -0.425. The number of aromatic amines is 1. The average molecular weight is 322 g/mol. The summed E-state index contributed by atoms with van der Waals surface area (Å²) >= 11 is 0. The van der Waals surface area contributed by atoms with Crippen LogP contribution < -0.4 is 5.56 Å². The van der Waals surface area contributed by atoms with Gasteiger partial charge in [0.15, 0.2) is 23.2 Å². The molecule has 3 rings (SSSR count). The van der Waals surface area contributed by atoms with Crippen molar-refractivity contribution in [1.82, 2.24) is 19.5 Å². The molecule has 1 fully saturated rings. The zero-order chi connectivity index (χ0) is 16.6. The number of hydrogen-bond donors (Lipinski definition) is 5. The van der Waals surface area contributed by atoms with Gasteiger partial charge in [0.2, 0.25) is 0 Å². The predicted octanol–water partition coefficient (Wildman–Crippen LogP) is -2.93. The van der Waals surface area contributed by atoms with Gasteiger partial charge in [0.1, 0.15) is 24.9 Å². The van der Waals surface area contributed by atoms with Crippen molar-refractivity contribution in [2.24, 2.45) is 0 Å². The fourth-order valence-electron chi connectivity index (χ4n) is 2.40. The molecule has 5 N–H and O–H groups in total. The van der Waals surface area contributed by atoms with Crippen LogP contribution in [-0.2, 0) is 4.74 Å². The lowest BCUT2D eigenvalue weighted by Gasteiger charge is -2.16. The zero-order valence-electron chi connectivity index (χ0n) is 11.7. The Balaban J connectivity index is 2.08. The molecule has 0 bridgehead atoms. The summed E-state index contributed by atoms with van der Waals surface area (Å²) in [6.45, 7) is -0.863. The summed E-state index contributed by atoms with van der Waals surface area (Å²) in [6, 6.07) is 0. The van der Waals surface area contributed by atoms with Gasteiger partial charge in [-0.05, 0) is 5.92 Å². The van der Waals surface area contributed by atoms with Crippen LogP contribution in [0.4, 0.5) is 0 Å². The van der Waals surface area contributed by atoms with E-state index in [1.807, 2.05) is 0 Å².